The van der Waals surface area contributed by atoms with Crippen LogP contribution in [0.4, 0.5) is 8.78 Å². The van der Waals surface area contributed by atoms with E-state index in [-0.39, 0.29) is 11.6 Å². The smallest absolute Gasteiger partial charge is 0.130 e. The molecule has 0 aromatic heterocycles. The predicted molar refractivity (Wildman–Crippen MR) is 69.4 cm³/mol. The lowest BCUT2D eigenvalue weighted by molar-refractivity contribution is 0.406. The summed E-state index contributed by atoms with van der Waals surface area (Å²) < 4.78 is 27.4. The van der Waals surface area contributed by atoms with Crippen LogP contribution in [0, 0.1) is 17.6 Å². The van der Waals surface area contributed by atoms with Gasteiger partial charge in [-0.1, -0.05) is 31.7 Å². The molecular weight excluding hydrogens is 232 g/mol. The molecule has 1 saturated carbocycles. The Labute approximate surface area is 108 Å². The van der Waals surface area contributed by atoms with E-state index >= 15 is 0 Å². The molecular formula is C15H21F2N. The summed E-state index contributed by atoms with van der Waals surface area (Å²) in [6.07, 6.45) is 7.02. The van der Waals surface area contributed by atoms with Gasteiger partial charge in [0, 0.05) is 11.6 Å². The third kappa shape index (κ3) is 3.08. The summed E-state index contributed by atoms with van der Waals surface area (Å²) in [5, 5.41) is 3.04. The first-order chi connectivity index (χ1) is 8.72. The Bertz CT molecular complexity index is 366. The molecule has 0 spiro atoms. The lowest BCUT2D eigenvalue weighted by Gasteiger charge is -2.19. The topological polar surface area (TPSA) is 12.0 Å². The molecule has 0 amide bonds. The highest BCUT2D eigenvalue weighted by atomic mass is 19.1. The van der Waals surface area contributed by atoms with Gasteiger partial charge in [-0.25, -0.2) is 8.78 Å². The monoisotopic (exact) mass is 253 g/mol. The van der Waals surface area contributed by atoms with Crippen LogP contribution in [0.2, 0.25) is 0 Å². The summed E-state index contributed by atoms with van der Waals surface area (Å²) in [5.74, 6) is -0.141. The first kappa shape index (κ1) is 13.5. The lowest BCUT2D eigenvalue weighted by atomic mass is 9.94. The van der Waals surface area contributed by atoms with Crippen LogP contribution >= 0.6 is 0 Å². The minimum absolute atomic E-state index is 0.193. The second kappa shape index (κ2) is 6.28. The van der Waals surface area contributed by atoms with Gasteiger partial charge in [0.05, 0.1) is 0 Å². The van der Waals surface area contributed by atoms with Gasteiger partial charge in [0.15, 0.2) is 0 Å². The van der Waals surface area contributed by atoms with Crippen molar-refractivity contribution in [1.82, 2.24) is 5.32 Å². The first-order valence-electron chi connectivity index (χ1n) is 6.83. The van der Waals surface area contributed by atoms with Crippen LogP contribution in [0.1, 0.15) is 50.1 Å². The maximum Gasteiger partial charge on any atom is 0.130 e. The molecule has 1 fully saturated rings. The van der Waals surface area contributed by atoms with Crippen LogP contribution in [-0.2, 0) is 0 Å². The molecule has 0 heterocycles. The molecule has 100 valence electrons. The molecule has 0 aliphatic heterocycles. The van der Waals surface area contributed by atoms with Crippen molar-refractivity contribution in [2.45, 2.75) is 44.6 Å². The Morgan fingerprint density at radius 3 is 2.39 bits per heavy atom. The molecule has 18 heavy (non-hydrogen) atoms. The number of nitrogens with one attached hydrogen (secondary N) is 1. The van der Waals surface area contributed by atoms with Gasteiger partial charge in [0.25, 0.3) is 0 Å². The van der Waals surface area contributed by atoms with Crippen LogP contribution in [0.25, 0.3) is 0 Å². The summed E-state index contributed by atoms with van der Waals surface area (Å²) in [7, 11) is 1.77. The summed E-state index contributed by atoms with van der Waals surface area (Å²) in [6.45, 7) is 0. The summed E-state index contributed by atoms with van der Waals surface area (Å²) >= 11 is 0. The van der Waals surface area contributed by atoms with Crippen molar-refractivity contribution < 1.29 is 8.78 Å². The highest BCUT2D eigenvalue weighted by molar-refractivity contribution is 5.23. The molecule has 1 unspecified atom stereocenters. The highest BCUT2D eigenvalue weighted by Crippen LogP contribution is 2.32. The van der Waals surface area contributed by atoms with Gasteiger partial charge in [-0.2, -0.15) is 0 Å². The van der Waals surface area contributed by atoms with E-state index in [1.165, 1.54) is 43.9 Å². The molecule has 1 atom stereocenters. The van der Waals surface area contributed by atoms with E-state index in [0.717, 1.165) is 18.8 Å². The average Bonchev–Trinajstić information content (AvgIpc) is 2.86. The number of hydrogen-bond acceptors (Lipinski definition) is 1. The maximum absolute atomic E-state index is 13.7. The minimum atomic E-state index is -0.444. The fourth-order valence-electron chi connectivity index (χ4n) is 2.98. The highest BCUT2D eigenvalue weighted by Gasteiger charge is 2.21. The molecule has 2 rings (SSSR count). The van der Waals surface area contributed by atoms with Crippen molar-refractivity contribution in [3.63, 3.8) is 0 Å². The number of rotatable bonds is 5. The molecule has 0 saturated heterocycles. The summed E-state index contributed by atoms with van der Waals surface area (Å²) in [4.78, 5) is 0. The van der Waals surface area contributed by atoms with Crippen LogP contribution < -0.4 is 5.32 Å². The molecule has 1 aromatic rings. The van der Waals surface area contributed by atoms with Crippen molar-refractivity contribution in [3.8, 4) is 0 Å². The molecule has 1 aliphatic carbocycles. The fourth-order valence-corrected chi connectivity index (χ4v) is 2.98. The van der Waals surface area contributed by atoms with Crippen LogP contribution in [0.5, 0.6) is 0 Å². The van der Waals surface area contributed by atoms with Crippen LogP contribution in [0.15, 0.2) is 18.2 Å². The zero-order chi connectivity index (χ0) is 13.0. The van der Waals surface area contributed by atoms with Crippen LogP contribution in [0.3, 0.4) is 0 Å². The zero-order valence-corrected chi connectivity index (χ0v) is 10.9. The number of benzene rings is 1. The van der Waals surface area contributed by atoms with Gasteiger partial charge in [0.1, 0.15) is 11.6 Å². The summed E-state index contributed by atoms with van der Waals surface area (Å²) in [6, 6.07) is 3.86. The molecule has 1 aromatic carbocycles. The van der Waals surface area contributed by atoms with Gasteiger partial charge < -0.3 is 5.32 Å². The zero-order valence-electron chi connectivity index (χ0n) is 10.9. The normalized spacial score (nSPS) is 18.2. The largest absolute Gasteiger partial charge is 0.313 e. The van der Waals surface area contributed by atoms with Crippen molar-refractivity contribution in [2.75, 3.05) is 7.05 Å². The average molecular weight is 253 g/mol. The fraction of sp³-hybridized carbons (Fsp3) is 0.600. The van der Waals surface area contributed by atoms with E-state index in [1.54, 1.807) is 7.05 Å². The van der Waals surface area contributed by atoms with Gasteiger partial charge in [-0.15, -0.1) is 0 Å². The third-order valence-electron chi connectivity index (χ3n) is 4.03. The number of halogens is 2. The number of hydrogen-bond donors (Lipinski definition) is 1. The van der Waals surface area contributed by atoms with Gasteiger partial charge >= 0.3 is 0 Å². The van der Waals surface area contributed by atoms with E-state index in [0.29, 0.717) is 0 Å². The van der Waals surface area contributed by atoms with E-state index in [9.17, 15) is 8.78 Å². The Kier molecular flexibility index (Phi) is 4.70. The molecule has 0 bridgehead atoms. The molecule has 0 radical (unpaired) electrons. The van der Waals surface area contributed by atoms with E-state index < -0.39 is 11.6 Å². The minimum Gasteiger partial charge on any atom is -0.313 e. The standard InChI is InChI=1S/C15H21F2N/c1-18-14(10-9-11-5-2-3-6-11)15-12(16)7-4-8-13(15)17/h4,7-8,11,14,18H,2-3,5-6,9-10H2,1H3. The first-order valence-corrected chi connectivity index (χ1v) is 6.83. The van der Waals surface area contributed by atoms with Gasteiger partial charge in [-0.05, 0) is 37.9 Å². The lowest BCUT2D eigenvalue weighted by Crippen LogP contribution is -2.20. The SMILES string of the molecule is CNC(CCC1CCCC1)c1c(F)cccc1F. The van der Waals surface area contributed by atoms with Crippen molar-refractivity contribution in [1.29, 1.82) is 0 Å². The Morgan fingerprint density at radius 2 is 1.83 bits per heavy atom. The van der Waals surface area contributed by atoms with E-state index in [1.807, 2.05) is 0 Å². The predicted octanol–water partition coefficient (Wildman–Crippen LogP) is 4.20. The molecule has 1 aliphatic rings. The third-order valence-corrected chi connectivity index (χ3v) is 4.03. The molecule has 1 N–H and O–H groups in total. The van der Waals surface area contributed by atoms with Gasteiger partial charge in [-0.3, -0.25) is 0 Å². The quantitative estimate of drug-likeness (QED) is 0.829. The molecule has 1 nitrogen and oxygen atoms in total. The van der Waals surface area contributed by atoms with E-state index in [4.69, 9.17) is 0 Å². The second-order valence-corrected chi connectivity index (χ2v) is 5.20. The van der Waals surface area contributed by atoms with Crippen LogP contribution in [-0.4, -0.2) is 7.05 Å². The van der Waals surface area contributed by atoms with Gasteiger partial charge in [0.2, 0.25) is 0 Å². The Hall–Kier alpha value is -0.960. The molecule has 3 heteroatoms. The Balaban J connectivity index is 2.03. The van der Waals surface area contributed by atoms with Crippen molar-refractivity contribution >= 4 is 0 Å². The van der Waals surface area contributed by atoms with E-state index in [2.05, 4.69) is 5.32 Å². The van der Waals surface area contributed by atoms with Crippen molar-refractivity contribution in [2.24, 2.45) is 5.92 Å². The second-order valence-electron chi connectivity index (χ2n) is 5.20. The summed E-state index contributed by atoms with van der Waals surface area (Å²) in [5.41, 5.74) is 0.193. The van der Waals surface area contributed by atoms with Crippen molar-refractivity contribution in [3.05, 3.63) is 35.4 Å². The maximum atomic E-state index is 13.7. The Morgan fingerprint density at radius 1 is 1.22 bits per heavy atom.